The van der Waals surface area contributed by atoms with Crippen molar-refractivity contribution in [3.05, 3.63) is 29.3 Å². The number of aryl methyl sites for hydroxylation is 1. The van der Waals surface area contributed by atoms with Crippen molar-refractivity contribution in [3.8, 4) is 10.6 Å². The second-order valence-corrected chi connectivity index (χ2v) is 4.14. The molecule has 14 heavy (non-hydrogen) atoms. The van der Waals surface area contributed by atoms with Crippen LogP contribution in [0.25, 0.3) is 10.6 Å². The number of carbonyl (C=O) groups excluding carboxylic acids is 1. The Morgan fingerprint density at radius 3 is 2.71 bits per heavy atom. The van der Waals surface area contributed by atoms with Crippen molar-refractivity contribution in [2.75, 3.05) is 0 Å². The van der Waals surface area contributed by atoms with E-state index in [-0.39, 0.29) is 5.78 Å². The molecule has 0 fully saturated rings. The number of aromatic nitrogens is 2. The molecule has 0 aliphatic rings. The standard InChI is InChI=1S/C10H10N2OS/c1-7(13)9-3-4-10(14-9)8-5-6-11-12(8)2/h3-6H,1-2H3. The fraction of sp³-hybridized carbons (Fsp3) is 0.200. The lowest BCUT2D eigenvalue weighted by Gasteiger charge is -1.96. The first-order valence-corrected chi connectivity index (χ1v) is 5.09. The van der Waals surface area contributed by atoms with Gasteiger partial charge in [0.2, 0.25) is 0 Å². The second kappa shape index (κ2) is 3.38. The molecule has 0 aromatic carbocycles. The molecule has 2 aromatic rings. The Bertz CT molecular complexity index is 470. The summed E-state index contributed by atoms with van der Waals surface area (Å²) in [5, 5.41) is 4.09. The summed E-state index contributed by atoms with van der Waals surface area (Å²) in [5.74, 6) is 0.114. The van der Waals surface area contributed by atoms with E-state index in [4.69, 9.17) is 0 Å². The van der Waals surface area contributed by atoms with E-state index >= 15 is 0 Å². The van der Waals surface area contributed by atoms with E-state index in [1.807, 2.05) is 25.2 Å². The van der Waals surface area contributed by atoms with Crippen molar-refractivity contribution in [3.63, 3.8) is 0 Å². The van der Waals surface area contributed by atoms with E-state index in [1.54, 1.807) is 17.8 Å². The summed E-state index contributed by atoms with van der Waals surface area (Å²) < 4.78 is 1.80. The maximum Gasteiger partial charge on any atom is 0.169 e. The van der Waals surface area contributed by atoms with Gasteiger partial charge in [0.1, 0.15) is 0 Å². The Labute approximate surface area is 86.0 Å². The highest BCUT2D eigenvalue weighted by molar-refractivity contribution is 7.17. The molecule has 3 nitrogen and oxygen atoms in total. The maximum atomic E-state index is 11.1. The van der Waals surface area contributed by atoms with Crippen LogP contribution in [-0.2, 0) is 7.05 Å². The van der Waals surface area contributed by atoms with Gasteiger partial charge >= 0.3 is 0 Å². The largest absolute Gasteiger partial charge is 0.294 e. The predicted molar refractivity (Wildman–Crippen MR) is 56.5 cm³/mol. The third-order valence-electron chi connectivity index (χ3n) is 2.03. The molecule has 2 aromatic heterocycles. The smallest absolute Gasteiger partial charge is 0.169 e. The van der Waals surface area contributed by atoms with Crippen LogP contribution in [0.3, 0.4) is 0 Å². The number of ketones is 1. The molecule has 0 spiro atoms. The lowest BCUT2D eigenvalue weighted by molar-refractivity contribution is 0.102. The summed E-state index contributed by atoms with van der Waals surface area (Å²) in [7, 11) is 1.89. The van der Waals surface area contributed by atoms with Gasteiger partial charge < -0.3 is 0 Å². The molecule has 0 N–H and O–H groups in total. The van der Waals surface area contributed by atoms with Crippen LogP contribution in [-0.4, -0.2) is 15.6 Å². The molecular formula is C10H10N2OS. The third kappa shape index (κ3) is 1.48. The summed E-state index contributed by atoms with van der Waals surface area (Å²) >= 11 is 1.50. The number of nitrogens with zero attached hydrogens (tertiary/aromatic N) is 2. The number of hydrogen-bond acceptors (Lipinski definition) is 3. The van der Waals surface area contributed by atoms with Gasteiger partial charge in [0, 0.05) is 13.2 Å². The first-order valence-electron chi connectivity index (χ1n) is 4.27. The fourth-order valence-corrected chi connectivity index (χ4v) is 2.24. The minimum absolute atomic E-state index is 0.114. The quantitative estimate of drug-likeness (QED) is 0.707. The summed E-state index contributed by atoms with van der Waals surface area (Å²) in [5.41, 5.74) is 1.04. The fourth-order valence-electron chi connectivity index (χ4n) is 1.28. The molecule has 0 aliphatic heterocycles. The van der Waals surface area contributed by atoms with E-state index in [0.717, 1.165) is 15.4 Å². The zero-order chi connectivity index (χ0) is 10.1. The Balaban J connectivity index is 2.43. The van der Waals surface area contributed by atoms with Crippen LogP contribution in [0.15, 0.2) is 24.4 Å². The highest BCUT2D eigenvalue weighted by atomic mass is 32.1. The van der Waals surface area contributed by atoms with Crippen LogP contribution >= 0.6 is 11.3 Å². The second-order valence-electron chi connectivity index (χ2n) is 3.06. The van der Waals surface area contributed by atoms with Crippen LogP contribution in [0.4, 0.5) is 0 Å². The van der Waals surface area contributed by atoms with E-state index < -0.39 is 0 Å². The zero-order valence-electron chi connectivity index (χ0n) is 8.02. The van der Waals surface area contributed by atoms with Crippen LogP contribution in [0.2, 0.25) is 0 Å². The van der Waals surface area contributed by atoms with Gasteiger partial charge in [0.15, 0.2) is 5.78 Å². The number of rotatable bonds is 2. The molecule has 0 atom stereocenters. The van der Waals surface area contributed by atoms with Crippen LogP contribution < -0.4 is 0 Å². The van der Waals surface area contributed by atoms with Crippen molar-refractivity contribution in [2.24, 2.45) is 7.05 Å². The van der Waals surface area contributed by atoms with Gasteiger partial charge in [-0.1, -0.05) is 0 Å². The molecule has 0 bridgehead atoms. The van der Waals surface area contributed by atoms with Crippen molar-refractivity contribution < 1.29 is 4.79 Å². The minimum atomic E-state index is 0.114. The molecule has 0 saturated carbocycles. The number of thiophene rings is 1. The van der Waals surface area contributed by atoms with E-state index in [1.165, 1.54) is 11.3 Å². The molecule has 0 amide bonds. The number of hydrogen-bond donors (Lipinski definition) is 0. The minimum Gasteiger partial charge on any atom is -0.294 e. The lowest BCUT2D eigenvalue weighted by atomic mass is 10.3. The van der Waals surface area contributed by atoms with Crippen LogP contribution in [0.1, 0.15) is 16.6 Å². The SMILES string of the molecule is CC(=O)c1ccc(-c2ccnn2C)s1. The number of Topliss-reactive ketones (excluding diaryl/α,β-unsaturated/α-hetero) is 1. The highest BCUT2D eigenvalue weighted by Gasteiger charge is 2.08. The molecule has 2 rings (SSSR count). The molecule has 0 radical (unpaired) electrons. The van der Waals surface area contributed by atoms with Gasteiger partial charge in [-0.2, -0.15) is 5.10 Å². The molecule has 0 aliphatic carbocycles. The molecule has 4 heteroatoms. The lowest BCUT2D eigenvalue weighted by Crippen LogP contribution is -1.91. The Morgan fingerprint density at radius 2 is 2.21 bits per heavy atom. The predicted octanol–water partition coefficient (Wildman–Crippen LogP) is 2.35. The van der Waals surface area contributed by atoms with E-state index in [9.17, 15) is 4.79 Å². The van der Waals surface area contributed by atoms with Gasteiger partial charge in [0.05, 0.1) is 15.4 Å². The van der Waals surface area contributed by atoms with Crippen molar-refractivity contribution in [2.45, 2.75) is 6.92 Å². The maximum absolute atomic E-state index is 11.1. The summed E-state index contributed by atoms with van der Waals surface area (Å²) in [6, 6.07) is 5.75. The molecule has 72 valence electrons. The monoisotopic (exact) mass is 206 g/mol. The molecular weight excluding hydrogens is 196 g/mol. The van der Waals surface area contributed by atoms with E-state index in [0.29, 0.717) is 0 Å². The summed E-state index contributed by atoms with van der Waals surface area (Å²) in [6.07, 6.45) is 1.75. The average Bonchev–Trinajstić information content (AvgIpc) is 2.71. The van der Waals surface area contributed by atoms with Crippen LogP contribution in [0, 0.1) is 0 Å². The van der Waals surface area contributed by atoms with Gasteiger partial charge in [-0.15, -0.1) is 11.3 Å². The molecule has 2 heterocycles. The zero-order valence-corrected chi connectivity index (χ0v) is 8.84. The first kappa shape index (κ1) is 9.15. The van der Waals surface area contributed by atoms with Crippen molar-refractivity contribution in [1.82, 2.24) is 9.78 Å². The van der Waals surface area contributed by atoms with Gasteiger partial charge in [-0.3, -0.25) is 9.48 Å². The molecule has 0 unspecified atom stereocenters. The van der Waals surface area contributed by atoms with Crippen molar-refractivity contribution >= 4 is 17.1 Å². The summed E-state index contributed by atoms with van der Waals surface area (Å²) in [4.78, 5) is 13.0. The summed E-state index contributed by atoms with van der Waals surface area (Å²) in [6.45, 7) is 1.58. The van der Waals surface area contributed by atoms with Gasteiger partial charge in [-0.25, -0.2) is 0 Å². The highest BCUT2D eigenvalue weighted by Crippen LogP contribution is 2.27. The average molecular weight is 206 g/mol. The van der Waals surface area contributed by atoms with E-state index in [2.05, 4.69) is 5.10 Å². The first-order chi connectivity index (χ1) is 6.68. The topological polar surface area (TPSA) is 34.9 Å². The Morgan fingerprint density at radius 1 is 1.43 bits per heavy atom. The Kier molecular flexibility index (Phi) is 2.21. The van der Waals surface area contributed by atoms with Crippen molar-refractivity contribution in [1.29, 1.82) is 0 Å². The third-order valence-corrected chi connectivity index (χ3v) is 3.23. The Hall–Kier alpha value is -1.42. The van der Waals surface area contributed by atoms with Crippen LogP contribution in [0.5, 0.6) is 0 Å². The normalized spacial score (nSPS) is 10.4. The number of carbonyl (C=O) groups is 1. The van der Waals surface area contributed by atoms with Gasteiger partial charge in [0.25, 0.3) is 0 Å². The van der Waals surface area contributed by atoms with Gasteiger partial charge in [-0.05, 0) is 25.1 Å². The molecule has 0 saturated heterocycles.